The van der Waals surface area contributed by atoms with Crippen molar-refractivity contribution in [3.63, 3.8) is 0 Å². The third kappa shape index (κ3) is 2.32. The Morgan fingerprint density at radius 3 is 2.87 bits per heavy atom. The highest BCUT2D eigenvalue weighted by molar-refractivity contribution is 6.17. The predicted molar refractivity (Wildman–Crippen MR) is 64.2 cm³/mol. The van der Waals surface area contributed by atoms with Crippen molar-refractivity contribution in [2.75, 3.05) is 0 Å². The Morgan fingerprint density at radius 1 is 1.40 bits per heavy atom. The summed E-state index contributed by atoms with van der Waals surface area (Å²) in [6.45, 7) is 4.38. The van der Waals surface area contributed by atoms with Crippen LogP contribution in [0.5, 0.6) is 0 Å². The standard InChI is InChI=1S/C12H15ClN2/c1-8(2)5-12-14-10-4-3-9(7-13)6-11(10)15-12/h3-4,6,8H,5,7H2,1-2H3,(H,14,15). The minimum absolute atomic E-state index is 0.550. The molecular weight excluding hydrogens is 208 g/mol. The molecule has 0 radical (unpaired) electrons. The number of nitrogens with zero attached hydrogens (tertiary/aromatic N) is 1. The van der Waals surface area contributed by atoms with Crippen LogP contribution in [0.25, 0.3) is 11.0 Å². The van der Waals surface area contributed by atoms with Gasteiger partial charge in [-0.05, 0) is 23.6 Å². The van der Waals surface area contributed by atoms with Gasteiger partial charge in [-0.1, -0.05) is 19.9 Å². The Labute approximate surface area is 94.7 Å². The number of hydrogen-bond donors (Lipinski definition) is 1. The number of nitrogens with one attached hydrogen (secondary N) is 1. The quantitative estimate of drug-likeness (QED) is 0.792. The average Bonchev–Trinajstić information content (AvgIpc) is 2.57. The maximum atomic E-state index is 5.78. The summed E-state index contributed by atoms with van der Waals surface area (Å²) in [6.07, 6.45) is 0.991. The van der Waals surface area contributed by atoms with Gasteiger partial charge in [0.05, 0.1) is 11.0 Å². The van der Waals surface area contributed by atoms with Crippen LogP contribution in [0.1, 0.15) is 25.2 Å². The first kappa shape index (κ1) is 10.5. The third-order valence-corrected chi connectivity index (χ3v) is 2.66. The largest absolute Gasteiger partial charge is 0.342 e. The van der Waals surface area contributed by atoms with Crippen LogP contribution in [0.3, 0.4) is 0 Å². The number of imidazole rings is 1. The summed E-state index contributed by atoms with van der Waals surface area (Å²) in [5.74, 6) is 2.24. The first-order valence-corrected chi connectivity index (χ1v) is 5.76. The smallest absolute Gasteiger partial charge is 0.107 e. The lowest BCUT2D eigenvalue weighted by molar-refractivity contribution is 0.627. The highest BCUT2D eigenvalue weighted by Crippen LogP contribution is 2.16. The van der Waals surface area contributed by atoms with Crippen LogP contribution in [-0.2, 0) is 12.3 Å². The van der Waals surface area contributed by atoms with Gasteiger partial charge in [0.25, 0.3) is 0 Å². The number of benzene rings is 1. The second kappa shape index (κ2) is 4.23. The van der Waals surface area contributed by atoms with Crippen LogP contribution in [0.15, 0.2) is 18.2 Å². The number of rotatable bonds is 3. The van der Waals surface area contributed by atoms with Gasteiger partial charge in [0.2, 0.25) is 0 Å². The molecule has 0 bridgehead atoms. The summed E-state index contributed by atoms with van der Waals surface area (Å²) in [5, 5.41) is 0. The van der Waals surface area contributed by atoms with E-state index in [-0.39, 0.29) is 0 Å². The van der Waals surface area contributed by atoms with E-state index < -0.39 is 0 Å². The zero-order chi connectivity index (χ0) is 10.8. The Balaban J connectivity index is 2.37. The van der Waals surface area contributed by atoms with Gasteiger partial charge >= 0.3 is 0 Å². The zero-order valence-corrected chi connectivity index (χ0v) is 9.80. The normalized spacial score (nSPS) is 11.5. The van der Waals surface area contributed by atoms with Gasteiger partial charge in [-0.3, -0.25) is 0 Å². The van der Waals surface area contributed by atoms with Crippen LogP contribution in [-0.4, -0.2) is 9.97 Å². The molecule has 1 aromatic carbocycles. The maximum Gasteiger partial charge on any atom is 0.107 e. The summed E-state index contributed by atoms with van der Waals surface area (Å²) >= 11 is 5.78. The van der Waals surface area contributed by atoms with Crippen molar-refractivity contribution in [3.05, 3.63) is 29.6 Å². The van der Waals surface area contributed by atoms with Crippen molar-refractivity contribution in [2.24, 2.45) is 5.92 Å². The fourth-order valence-electron chi connectivity index (χ4n) is 1.68. The Bertz CT molecular complexity index is 460. The van der Waals surface area contributed by atoms with E-state index in [9.17, 15) is 0 Å². The topological polar surface area (TPSA) is 28.7 Å². The van der Waals surface area contributed by atoms with Gasteiger partial charge in [-0.2, -0.15) is 0 Å². The van der Waals surface area contributed by atoms with Gasteiger partial charge in [-0.15, -0.1) is 11.6 Å². The van der Waals surface area contributed by atoms with Crippen molar-refractivity contribution in [1.82, 2.24) is 9.97 Å². The van der Waals surface area contributed by atoms with Crippen LogP contribution in [0.2, 0.25) is 0 Å². The van der Waals surface area contributed by atoms with Gasteiger partial charge < -0.3 is 4.98 Å². The van der Waals surface area contributed by atoms with Crippen molar-refractivity contribution in [3.8, 4) is 0 Å². The SMILES string of the molecule is CC(C)Cc1nc2ccc(CCl)cc2[nH]1. The molecule has 0 fully saturated rings. The summed E-state index contributed by atoms with van der Waals surface area (Å²) in [5.41, 5.74) is 3.24. The summed E-state index contributed by atoms with van der Waals surface area (Å²) < 4.78 is 0. The number of hydrogen-bond acceptors (Lipinski definition) is 1. The maximum absolute atomic E-state index is 5.78. The molecule has 0 unspecified atom stereocenters. The Morgan fingerprint density at radius 2 is 2.20 bits per heavy atom. The average molecular weight is 223 g/mol. The second-order valence-electron chi connectivity index (χ2n) is 4.27. The number of aromatic amines is 1. The number of alkyl halides is 1. The highest BCUT2D eigenvalue weighted by atomic mass is 35.5. The van der Waals surface area contributed by atoms with E-state index in [0.717, 1.165) is 28.8 Å². The Hall–Kier alpha value is -1.02. The first-order chi connectivity index (χ1) is 7.19. The first-order valence-electron chi connectivity index (χ1n) is 5.22. The van der Waals surface area contributed by atoms with E-state index in [1.807, 2.05) is 12.1 Å². The number of fused-ring (bicyclic) bond motifs is 1. The number of H-pyrrole nitrogens is 1. The van der Waals surface area contributed by atoms with Crippen molar-refractivity contribution >= 4 is 22.6 Å². The Kier molecular flexibility index (Phi) is 2.96. The lowest BCUT2D eigenvalue weighted by Crippen LogP contribution is -1.95. The third-order valence-electron chi connectivity index (χ3n) is 2.35. The molecule has 0 amide bonds. The molecule has 3 heteroatoms. The minimum atomic E-state index is 0.550. The molecule has 0 atom stereocenters. The second-order valence-corrected chi connectivity index (χ2v) is 4.53. The molecule has 0 aliphatic heterocycles. The van der Waals surface area contributed by atoms with E-state index in [1.54, 1.807) is 0 Å². The molecule has 2 rings (SSSR count). The fourth-order valence-corrected chi connectivity index (χ4v) is 1.84. The molecule has 0 aliphatic carbocycles. The van der Waals surface area contributed by atoms with Crippen LogP contribution >= 0.6 is 11.6 Å². The van der Waals surface area contributed by atoms with Crippen LogP contribution in [0, 0.1) is 5.92 Å². The monoisotopic (exact) mass is 222 g/mol. The molecule has 1 aromatic heterocycles. The molecule has 0 spiro atoms. The van der Waals surface area contributed by atoms with E-state index in [1.165, 1.54) is 0 Å². The van der Waals surface area contributed by atoms with Gasteiger partial charge in [0.1, 0.15) is 5.82 Å². The van der Waals surface area contributed by atoms with Gasteiger partial charge in [-0.25, -0.2) is 4.98 Å². The van der Waals surface area contributed by atoms with Crippen molar-refractivity contribution in [1.29, 1.82) is 0 Å². The van der Waals surface area contributed by atoms with E-state index in [4.69, 9.17) is 11.6 Å². The summed E-state index contributed by atoms with van der Waals surface area (Å²) in [6, 6.07) is 6.11. The van der Waals surface area contributed by atoms with Crippen molar-refractivity contribution < 1.29 is 0 Å². The minimum Gasteiger partial charge on any atom is -0.342 e. The van der Waals surface area contributed by atoms with E-state index in [0.29, 0.717) is 11.8 Å². The molecule has 2 aromatic rings. The van der Waals surface area contributed by atoms with E-state index >= 15 is 0 Å². The number of halogens is 1. The van der Waals surface area contributed by atoms with Crippen LogP contribution in [0.4, 0.5) is 0 Å². The molecule has 1 N–H and O–H groups in total. The molecular formula is C12H15ClN2. The lowest BCUT2D eigenvalue weighted by atomic mass is 10.1. The van der Waals surface area contributed by atoms with Crippen LogP contribution < -0.4 is 0 Å². The van der Waals surface area contributed by atoms with E-state index in [2.05, 4.69) is 29.9 Å². The fraction of sp³-hybridized carbons (Fsp3) is 0.417. The zero-order valence-electron chi connectivity index (χ0n) is 9.05. The molecule has 15 heavy (non-hydrogen) atoms. The number of aromatic nitrogens is 2. The summed E-state index contributed by atoms with van der Waals surface area (Å²) in [4.78, 5) is 7.86. The van der Waals surface area contributed by atoms with Crippen molar-refractivity contribution in [2.45, 2.75) is 26.1 Å². The molecule has 0 saturated heterocycles. The van der Waals surface area contributed by atoms with Gasteiger partial charge in [0.15, 0.2) is 0 Å². The molecule has 0 aliphatic rings. The van der Waals surface area contributed by atoms with Gasteiger partial charge in [0, 0.05) is 12.3 Å². The predicted octanol–water partition coefficient (Wildman–Crippen LogP) is 3.50. The molecule has 0 saturated carbocycles. The molecule has 80 valence electrons. The molecule has 2 nitrogen and oxygen atoms in total. The highest BCUT2D eigenvalue weighted by Gasteiger charge is 2.05. The summed E-state index contributed by atoms with van der Waals surface area (Å²) in [7, 11) is 0. The lowest BCUT2D eigenvalue weighted by Gasteiger charge is -1.98. The molecule has 1 heterocycles.